The van der Waals surface area contributed by atoms with E-state index in [-0.39, 0.29) is 0 Å². The lowest BCUT2D eigenvalue weighted by Crippen LogP contribution is -2.08. The summed E-state index contributed by atoms with van der Waals surface area (Å²) in [6, 6.07) is 4.36. The van der Waals surface area contributed by atoms with Crippen LogP contribution in [0, 0.1) is 23.3 Å². The summed E-state index contributed by atoms with van der Waals surface area (Å²) in [5.74, 6) is -8.13. The Morgan fingerprint density at radius 1 is 0.842 bits per heavy atom. The first-order chi connectivity index (χ1) is 8.93. The lowest BCUT2D eigenvalue weighted by atomic mass is 10.0. The van der Waals surface area contributed by atoms with Crippen molar-refractivity contribution in [1.82, 2.24) is 0 Å². The molecule has 0 fully saturated rings. The molecule has 1 N–H and O–H groups in total. The third-order valence-electron chi connectivity index (χ3n) is 2.51. The van der Waals surface area contributed by atoms with Crippen molar-refractivity contribution in [2.75, 3.05) is 0 Å². The van der Waals surface area contributed by atoms with Crippen LogP contribution in [0.3, 0.4) is 0 Å². The van der Waals surface area contributed by atoms with E-state index in [0.29, 0.717) is 6.07 Å². The van der Waals surface area contributed by atoms with E-state index in [9.17, 15) is 27.5 Å². The number of hydrogen-bond donors (Lipinski definition) is 1. The lowest BCUT2D eigenvalue weighted by Gasteiger charge is -2.06. The van der Waals surface area contributed by atoms with Gasteiger partial charge in [-0.1, -0.05) is 6.07 Å². The Labute approximate surface area is 104 Å². The van der Waals surface area contributed by atoms with Gasteiger partial charge in [-0.15, -0.1) is 0 Å². The fraction of sp³-hybridized carbons (Fsp3) is 0. The van der Waals surface area contributed by atoms with E-state index < -0.39 is 45.9 Å². The highest BCUT2D eigenvalue weighted by Gasteiger charge is 2.22. The number of rotatable bonds is 2. The predicted octanol–water partition coefficient (Wildman–Crippen LogP) is 3.18. The Kier molecular flexibility index (Phi) is 3.25. The predicted molar refractivity (Wildman–Crippen MR) is 57.8 cm³/mol. The number of benzene rings is 2. The molecular weight excluding hydrogens is 264 g/mol. The normalized spacial score (nSPS) is 10.5. The van der Waals surface area contributed by atoms with Crippen molar-refractivity contribution >= 4 is 5.78 Å². The molecule has 0 aliphatic heterocycles. The zero-order chi connectivity index (χ0) is 14.2. The standard InChI is InChI=1S/C13H6F4O2/c14-8-5-4-6(10(16)11(8)17)12(18)7-2-1-3-9(15)13(7)19/h1-5,19H. The average molecular weight is 270 g/mol. The number of phenolic OH excluding ortho intramolecular Hbond substituents is 1. The Bertz CT molecular complexity index is 668. The van der Waals surface area contributed by atoms with Gasteiger partial charge in [0.15, 0.2) is 34.8 Å². The second kappa shape index (κ2) is 4.72. The van der Waals surface area contributed by atoms with Gasteiger partial charge in [0.2, 0.25) is 0 Å². The molecule has 2 aromatic rings. The molecule has 0 unspecified atom stereocenters. The van der Waals surface area contributed by atoms with Gasteiger partial charge in [-0.2, -0.15) is 0 Å². The van der Waals surface area contributed by atoms with Crippen LogP contribution in [-0.2, 0) is 0 Å². The van der Waals surface area contributed by atoms with Gasteiger partial charge in [-0.05, 0) is 24.3 Å². The van der Waals surface area contributed by atoms with Crippen molar-refractivity contribution in [2.24, 2.45) is 0 Å². The number of halogens is 4. The van der Waals surface area contributed by atoms with Crippen LogP contribution in [0.1, 0.15) is 15.9 Å². The molecule has 2 rings (SSSR count). The first-order valence-electron chi connectivity index (χ1n) is 5.09. The topological polar surface area (TPSA) is 37.3 Å². The summed E-state index contributed by atoms with van der Waals surface area (Å²) in [7, 11) is 0. The maximum Gasteiger partial charge on any atom is 0.199 e. The number of para-hydroxylation sites is 1. The first-order valence-corrected chi connectivity index (χ1v) is 5.09. The summed E-state index contributed by atoms with van der Waals surface area (Å²) in [5, 5.41) is 9.36. The first kappa shape index (κ1) is 13.1. The molecule has 98 valence electrons. The Balaban J connectivity index is 2.57. The SMILES string of the molecule is O=C(c1cccc(F)c1O)c1ccc(F)c(F)c1F. The number of carbonyl (C=O) groups excluding carboxylic acids is 1. The van der Waals surface area contributed by atoms with Crippen LogP contribution >= 0.6 is 0 Å². The van der Waals surface area contributed by atoms with Crippen LogP contribution in [0.5, 0.6) is 5.75 Å². The molecule has 6 heteroatoms. The molecule has 0 amide bonds. The van der Waals surface area contributed by atoms with E-state index in [0.717, 1.165) is 24.3 Å². The van der Waals surface area contributed by atoms with E-state index in [4.69, 9.17) is 0 Å². The number of hydrogen-bond acceptors (Lipinski definition) is 2. The van der Waals surface area contributed by atoms with Gasteiger partial charge in [-0.3, -0.25) is 4.79 Å². The second-order valence-corrected chi connectivity index (χ2v) is 3.69. The summed E-state index contributed by atoms with van der Waals surface area (Å²) >= 11 is 0. The quantitative estimate of drug-likeness (QED) is 0.517. The van der Waals surface area contributed by atoms with E-state index in [1.807, 2.05) is 0 Å². The minimum Gasteiger partial charge on any atom is -0.504 e. The van der Waals surface area contributed by atoms with Gasteiger partial charge >= 0.3 is 0 Å². The van der Waals surface area contributed by atoms with Crippen molar-refractivity contribution in [3.05, 3.63) is 64.7 Å². The van der Waals surface area contributed by atoms with Gasteiger partial charge < -0.3 is 5.11 Å². The van der Waals surface area contributed by atoms with Crippen LogP contribution in [0.4, 0.5) is 17.6 Å². The third kappa shape index (κ3) is 2.16. The van der Waals surface area contributed by atoms with Crippen LogP contribution in [0.15, 0.2) is 30.3 Å². The van der Waals surface area contributed by atoms with Gasteiger partial charge in [-0.25, -0.2) is 17.6 Å². The Morgan fingerprint density at radius 3 is 2.21 bits per heavy atom. The maximum atomic E-state index is 13.4. The largest absolute Gasteiger partial charge is 0.504 e. The average Bonchev–Trinajstić information content (AvgIpc) is 2.39. The van der Waals surface area contributed by atoms with Crippen molar-refractivity contribution in [2.45, 2.75) is 0 Å². The Hall–Kier alpha value is -2.37. The number of ketones is 1. The van der Waals surface area contributed by atoms with E-state index >= 15 is 0 Å². The molecule has 2 nitrogen and oxygen atoms in total. The molecule has 0 heterocycles. The van der Waals surface area contributed by atoms with Gasteiger partial charge in [0.05, 0.1) is 11.1 Å². The molecule has 0 aromatic heterocycles. The smallest absolute Gasteiger partial charge is 0.199 e. The summed E-state index contributed by atoms with van der Waals surface area (Å²) < 4.78 is 52.2. The molecule has 0 bridgehead atoms. The van der Waals surface area contributed by atoms with Crippen molar-refractivity contribution in [1.29, 1.82) is 0 Å². The van der Waals surface area contributed by atoms with Crippen LogP contribution in [0.25, 0.3) is 0 Å². The van der Waals surface area contributed by atoms with Gasteiger partial charge in [0, 0.05) is 0 Å². The van der Waals surface area contributed by atoms with Crippen LogP contribution < -0.4 is 0 Å². The minimum absolute atomic E-state index is 0.537. The number of carbonyl (C=O) groups is 1. The van der Waals surface area contributed by atoms with E-state index in [2.05, 4.69) is 0 Å². The van der Waals surface area contributed by atoms with Gasteiger partial charge in [0.1, 0.15) is 0 Å². The Morgan fingerprint density at radius 2 is 1.53 bits per heavy atom. The van der Waals surface area contributed by atoms with Gasteiger partial charge in [0.25, 0.3) is 0 Å². The van der Waals surface area contributed by atoms with E-state index in [1.165, 1.54) is 0 Å². The lowest BCUT2D eigenvalue weighted by molar-refractivity contribution is 0.103. The summed E-state index contributed by atoms with van der Waals surface area (Å²) in [5.41, 5.74) is -1.33. The summed E-state index contributed by atoms with van der Waals surface area (Å²) in [4.78, 5) is 11.8. The summed E-state index contributed by atoms with van der Waals surface area (Å²) in [6.45, 7) is 0. The van der Waals surface area contributed by atoms with E-state index in [1.54, 1.807) is 0 Å². The number of aromatic hydroxyl groups is 1. The molecule has 0 aliphatic rings. The van der Waals surface area contributed by atoms with Crippen LogP contribution in [0.2, 0.25) is 0 Å². The summed E-state index contributed by atoms with van der Waals surface area (Å²) in [6.07, 6.45) is 0. The highest BCUT2D eigenvalue weighted by molar-refractivity contribution is 6.10. The van der Waals surface area contributed by atoms with Crippen molar-refractivity contribution < 1.29 is 27.5 Å². The maximum absolute atomic E-state index is 13.4. The second-order valence-electron chi connectivity index (χ2n) is 3.69. The molecule has 0 aliphatic carbocycles. The monoisotopic (exact) mass is 270 g/mol. The minimum atomic E-state index is -1.80. The highest BCUT2D eigenvalue weighted by Crippen LogP contribution is 2.25. The molecule has 19 heavy (non-hydrogen) atoms. The molecule has 0 spiro atoms. The molecule has 0 saturated heterocycles. The van der Waals surface area contributed by atoms with Crippen molar-refractivity contribution in [3.63, 3.8) is 0 Å². The zero-order valence-corrected chi connectivity index (χ0v) is 9.25. The molecule has 0 radical (unpaired) electrons. The fourth-order valence-electron chi connectivity index (χ4n) is 1.54. The highest BCUT2D eigenvalue weighted by atomic mass is 19.2. The van der Waals surface area contributed by atoms with Crippen LogP contribution in [-0.4, -0.2) is 10.9 Å². The fourth-order valence-corrected chi connectivity index (χ4v) is 1.54. The number of phenols is 1. The molecule has 0 saturated carbocycles. The van der Waals surface area contributed by atoms with Crippen molar-refractivity contribution in [3.8, 4) is 5.75 Å². The third-order valence-corrected chi connectivity index (χ3v) is 2.51. The molecular formula is C13H6F4O2. The molecule has 0 atom stereocenters. The molecule has 2 aromatic carbocycles. The zero-order valence-electron chi connectivity index (χ0n) is 9.25.